The third-order valence-electron chi connectivity index (χ3n) is 4.13. The average molecular weight is 570 g/mol. The van der Waals surface area contributed by atoms with Crippen molar-refractivity contribution in [1.82, 2.24) is 0 Å². The fourth-order valence-electron chi connectivity index (χ4n) is 1.84. The Morgan fingerprint density at radius 1 is 0.657 bits per heavy atom. The first-order valence-corrected chi connectivity index (χ1v) is 9.84. The summed E-state index contributed by atoms with van der Waals surface area (Å²) in [6.07, 6.45) is -13.8. The zero-order valence-corrected chi connectivity index (χ0v) is 18.6. The molecule has 0 saturated carbocycles. The van der Waals surface area contributed by atoms with Crippen LogP contribution in [0.25, 0.3) is 0 Å². The maximum atomic E-state index is 14.5. The molecule has 0 bridgehead atoms. The number of esters is 1. The van der Waals surface area contributed by atoms with Gasteiger partial charge < -0.3 is 4.74 Å². The van der Waals surface area contributed by atoms with Crippen molar-refractivity contribution in [2.75, 3.05) is 0 Å². The maximum absolute atomic E-state index is 14.5. The number of Topliss-reactive ketones (excluding diaryl/α,β-unsaturated/α-hetero) is 1. The van der Waals surface area contributed by atoms with E-state index in [-0.39, 0.29) is 13.8 Å². The lowest BCUT2D eigenvalue weighted by Gasteiger charge is -2.38. The van der Waals surface area contributed by atoms with E-state index >= 15 is 0 Å². The van der Waals surface area contributed by atoms with Crippen molar-refractivity contribution in [3.05, 3.63) is 0 Å². The largest absolute Gasteiger partial charge is 0.460 e. The Balaban J connectivity index is 6.77. The SMILES string of the molecule is CC(=O)C(C)(C(=O)OC(C)(C)C)C(F)(F)OS(=O)(=O)C(F)(F)C(F)(F)C(F)(F)C(F)(F)C(F)(F)F. The van der Waals surface area contributed by atoms with Gasteiger partial charge in [-0.1, -0.05) is 0 Å². The van der Waals surface area contributed by atoms with Crippen LogP contribution in [0.4, 0.5) is 57.1 Å². The van der Waals surface area contributed by atoms with Gasteiger partial charge in [-0.3, -0.25) is 9.59 Å². The van der Waals surface area contributed by atoms with Gasteiger partial charge in [0.05, 0.1) is 0 Å². The number of hydrogen-bond acceptors (Lipinski definition) is 6. The summed E-state index contributed by atoms with van der Waals surface area (Å²) in [6, 6.07) is 0. The van der Waals surface area contributed by atoms with Gasteiger partial charge in [0, 0.05) is 0 Å². The fraction of sp³-hybridized carbons (Fsp3) is 0.867. The number of alkyl halides is 13. The van der Waals surface area contributed by atoms with Crippen LogP contribution in [0, 0.1) is 5.41 Å². The van der Waals surface area contributed by atoms with Crippen LogP contribution >= 0.6 is 0 Å². The fourth-order valence-corrected chi connectivity index (χ4v) is 2.83. The quantitative estimate of drug-likeness (QED) is 0.169. The second-order valence-electron chi connectivity index (χ2n) is 7.98. The van der Waals surface area contributed by atoms with Crippen molar-refractivity contribution in [2.24, 2.45) is 5.41 Å². The van der Waals surface area contributed by atoms with Crippen molar-refractivity contribution in [3.8, 4) is 0 Å². The summed E-state index contributed by atoms with van der Waals surface area (Å²) in [5.41, 5.74) is -6.01. The van der Waals surface area contributed by atoms with Gasteiger partial charge in [0.25, 0.3) is 0 Å². The Kier molecular flexibility index (Phi) is 8.16. The lowest BCUT2D eigenvalue weighted by atomic mass is 9.84. The predicted octanol–water partition coefficient (Wildman–Crippen LogP) is 4.92. The highest BCUT2D eigenvalue weighted by atomic mass is 32.2. The molecule has 0 radical (unpaired) electrons. The van der Waals surface area contributed by atoms with Crippen LogP contribution < -0.4 is 0 Å². The molecule has 1 atom stereocenters. The van der Waals surface area contributed by atoms with Gasteiger partial charge in [-0.05, 0) is 34.6 Å². The highest BCUT2D eigenvalue weighted by molar-refractivity contribution is 7.87. The summed E-state index contributed by atoms with van der Waals surface area (Å²) in [4.78, 5) is 23.7. The monoisotopic (exact) mass is 570 g/mol. The summed E-state index contributed by atoms with van der Waals surface area (Å²) in [7, 11) is -8.33. The van der Waals surface area contributed by atoms with Gasteiger partial charge in [-0.15, -0.1) is 0 Å². The smallest absolute Gasteiger partial charge is 0.459 e. The standard InChI is InChI=1S/C15H15F13O6S/c1-6(29)9(5,7(30)33-8(2,3)4)14(25,26)34-35(31,32)15(27,28)12(20,21)10(16,17)11(18,19)13(22,23)24/h1-5H3. The molecule has 0 aliphatic rings. The number of rotatable bonds is 9. The molecule has 0 aliphatic heterocycles. The molecule has 0 fully saturated rings. The first kappa shape index (κ1) is 33.1. The summed E-state index contributed by atoms with van der Waals surface area (Å²) >= 11 is 0. The summed E-state index contributed by atoms with van der Waals surface area (Å²) in [5.74, 6) is -29.1. The summed E-state index contributed by atoms with van der Waals surface area (Å²) in [5, 5.41) is -7.92. The molecule has 0 rings (SSSR count). The highest BCUT2D eigenvalue weighted by Crippen LogP contribution is 2.59. The van der Waals surface area contributed by atoms with Crippen molar-refractivity contribution in [1.29, 1.82) is 0 Å². The van der Waals surface area contributed by atoms with Gasteiger partial charge in [0.15, 0.2) is 5.78 Å². The van der Waals surface area contributed by atoms with Gasteiger partial charge in [-0.2, -0.15) is 69.7 Å². The minimum atomic E-state index is -8.33. The third kappa shape index (κ3) is 5.17. The number of carbonyl (C=O) groups is 2. The van der Waals surface area contributed by atoms with Crippen LogP contribution in [-0.4, -0.2) is 61.1 Å². The second-order valence-corrected chi connectivity index (χ2v) is 9.56. The minimum Gasteiger partial charge on any atom is -0.459 e. The van der Waals surface area contributed by atoms with E-state index in [9.17, 15) is 75.1 Å². The lowest BCUT2D eigenvalue weighted by molar-refractivity contribution is -0.413. The van der Waals surface area contributed by atoms with E-state index in [4.69, 9.17) is 0 Å². The van der Waals surface area contributed by atoms with Crippen molar-refractivity contribution < 1.29 is 84.0 Å². The van der Waals surface area contributed by atoms with E-state index in [1.165, 1.54) is 0 Å². The molecule has 0 aromatic heterocycles. The second kappa shape index (κ2) is 8.62. The lowest BCUT2D eigenvalue weighted by Crippen LogP contribution is -2.68. The van der Waals surface area contributed by atoms with Gasteiger partial charge in [0.1, 0.15) is 5.60 Å². The molecular weight excluding hydrogens is 555 g/mol. The highest BCUT2D eigenvalue weighted by Gasteiger charge is 2.90. The molecule has 6 nitrogen and oxygen atoms in total. The Labute approximate surface area is 187 Å². The molecule has 0 heterocycles. The van der Waals surface area contributed by atoms with E-state index in [1.807, 2.05) is 0 Å². The van der Waals surface area contributed by atoms with Crippen LogP contribution in [-0.2, 0) is 28.6 Å². The van der Waals surface area contributed by atoms with Crippen LogP contribution in [0.5, 0.6) is 0 Å². The number of halogens is 13. The number of carbonyl (C=O) groups excluding carboxylic acids is 2. The Morgan fingerprint density at radius 2 is 1.03 bits per heavy atom. The van der Waals surface area contributed by atoms with Crippen molar-refractivity contribution in [2.45, 2.75) is 75.5 Å². The molecule has 0 amide bonds. The average Bonchev–Trinajstić information content (AvgIpc) is 2.56. The zero-order chi connectivity index (χ0) is 29.1. The maximum Gasteiger partial charge on any atom is 0.460 e. The molecular formula is C15H15F13O6S. The van der Waals surface area contributed by atoms with E-state index in [2.05, 4.69) is 8.92 Å². The van der Waals surface area contributed by atoms with Crippen molar-refractivity contribution in [3.63, 3.8) is 0 Å². The van der Waals surface area contributed by atoms with E-state index in [0.29, 0.717) is 0 Å². The molecule has 0 saturated heterocycles. The Bertz CT molecular complexity index is 949. The molecule has 1 unspecified atom stereocenters. The van der Waals surface area contributed by atoms with E-state index in [0.717, 1.165) is 20.8 Å². The molecule has 0 aliphatic carbocycles. The van der Waals surface area contributed by atoms with Crippen molar-refractivity contribution >= 4 is 21.9 Å². The zero-order valence-electron chi connectivity index (χ0n) is 17.8. The van der Waals surface area contributed by atoms with Crippen LogP contribution in [0.1, 0.15) is 34.6 Å². The first-order chi connectivity index (χ1) is 14.8. The number of ketones is 1. The third-order valence-corrected chi connectivity index (χ3v) is 5.44. The number of hydrogen-bond donors (Lipinski definition) is 0. The van der Waals surface area contributed by atoms with Gasteiger partial charge in [-0.25, -0.2) is 0 Å². The Morgan fingerprint density at radius 3 is 1.31 bits per heavy atom. The predicted molar refractivity (Wildman–Crippen MR) is 85.4 cm³/mol. The van der Waals surface area contributed by atoms with E-state index < -0.39 is 68.2 Å². The van der Waals surface area contributed by atoms with Crippen LogP contribution in [0.15, 0.2) is 0 Å². The van der Waals surface area contributed by atoms with Crippen LogP contribution in [0.3, 0.4) is 0 Å². The summed E-state index contributed by atoms with van der Waals surface area (Å²) in [6.45, 7) is 2.84. The normalized spacial score (nSPS) is 17.1. The Hall–Kier alpha value is -1.86. The van der Waals surface area contributed by atoms with Crippen LogP contribution in [0.2, 0.25) is 0 Å². The van der Waals surface area contributed by atoms with E-state index in [1.54, 1.807) is 0 Å². The molecule has 0 N–H and O–H groups in total. The van der Waals surface area contributed by atoms with Gasteiger partial charge in [0.2, 0.25) is 5.41 Å². The first-order valence-electron chi connectivity index (χ1n) is 8.43. The molecule has 0 aromatic rings. The molecule has 0 aromatic carbocycles. The topological polar surface area (TPSA) is 86.7 Å². The molecule has 208 valence electrons. The summed E-state index contributed by atoms with van der Waals surface area (Å²) < 4.78 is 202. The van der Waals surface area contributed by atoms with Gasteiger partial charge >= 0.3 is 51.4 Å². The molecule has 20 heteroatoms. The number of ether oxygens (including phenoxy) is 1. The minimum absolute atomic E-state index is 0.0958. The molecule has 35 heavy (non-hydrogen) atoms. The molecule has 0 spiro atoms.